The molecule has 0 saturated carbocycles. The molecule has 2 aliphatic rings. The molecule has 0 aromatic heterocycles. The predicted octanol–water partition coefficient (Wildman–Crippen LogP) is 5.00. The molecule has 39 heavy (non-hydrogen) atoms. The van der Waals surface area contributed by atoms with Crippen LogP contribution in [0, 0.1) is 5.92 Å². The van der Waals surface area contributed by atoms with Crippen LogP contribution in [0.5, 0.6) is 0 Å². The van der Waals surface area contributed by atoms with Gasteiger partial charge >= 0.3 is 12.2 Å². The van der Waals surface area contributed by atoms with Gasteiger partial charge in [-0.3, -0.25) is 15.0 Å². The van der Waals surface area contributed by atoms with Gasteiger partial charge in [-0.05, 0) is 47.9 Å². The zero-order valence-electron chi connectivity index (χ0n) is 21.3. The number of halogens is 1. The Labute approximate surface area is 231 Å². The maximum atomic E-state index is 14.1. The Hall–Kier alpha value is -4.08. The molecule has 9 nitrogen and oxygen atoms in total. The molecule has 2 aliphatic heterocycles. The van der Waals surface area contributed by atoms with Crippen molar-refractivity contribution in [2.24, 2.45) is 11.7 Å². The van der Waals surface area contributed by atoms with Crippen molar-refractivity contribution in [2.75, 3.05) is 30.4 Å². The fraction of sp³-hybridized carbons (Fsp3) is 0.276. The van der Waals surface area contributed by atoms with E-state index < -0.39 is 29.7 Å². The number of nitrogens with two attached hydrogens (primary N) is 1. The normalized spacial score (nSPS) is 19.6. The molecule has 3 aromatic rings. The number of benzene rings is 3. The standard InChI is InChI=1S/C29H29ClN4O5/c1-33(28(37)38)21-10-7-19(8-11-21)25(31)22(15-18-5-3-2-4-6-18)26(35)34-14-13-29(17-34)23-16-20(30)9-12-24(23)32-27(36)39-29/h2-12,16,22,25H,13-15,17,31H2,1H3,(H,32,36)(H,37,38)/t22-,25?,29-/m0/s1. The van der Waals surface area contributed by atoms with E-state index in [0.717, 1.165) is 16.0 Å². The molecular formula is C29H29ClN4O5. The summed E-state index contributed by atoms with van der Waals surface area (Å²) in [4.78, 5) is 40.6. The Morgan fingerprint density at radius 3 is 2.56 bits per heavy atom. The van der Waals surface area contributed by atoms with Crippen LogP contribution in [0.25, 0.3) is 0 Å². The lowest BCUT2D eigenvalue weighted by Gasteiger charge is -2.36. The second-order valence-corrected chi connectivity index (χ2v) is 10.4. The van der Waals surface area contributed by atoms with E-state index in [1.54, 1.807) is 47.4 Å². The molecule has 1 unspecified atom stereocenters. The second-order valence-electron chi connectivity index (χ2n) is 9.96. The fourth-order valence-corrected chi connectivity index (χ4v) is 5.55. The van der Waals surface area contributed by atoms with Gasteiger partial charge in [-0.25, -0.2) is 9.59 Å². The van der Waals surface area contributed by atoms with Crippen molar-refractivity contribution in [3.63, 3.8) is 0 Å². The molecule has 1 fully saturated rings. The van der Waals surface area contributed by atoms with Crippen molar-refractivity contribution in [1.82, 2.24) is 4.90 Å². The van der Waals surface area contributed by atoms with Crippen LogP contribution in [-0.4, -0.2) is 48.2 Å². The van der Waals surface area contributed by atoms with Gasteiger partial charge in [0, 0.05) is 42.3 Å². The Morgan fingerprint density at radius 2 is 1.87 bits per heavy atom. The van der Waals surface area contributed by atoms with Gasteiger partial charge in [-0.15, -0.1) is 0 Å². The third-order valence-corrected chi connectivity index (χ3v) is 7.78. The maximum Gasteiger partial charge on any atom is 0.412 e. The summed E-state index contributed by atoms with van der Waals surface area (Å²) >= 11 is 6.27. The first-order valence-electron chi connectivity index (χ1n) is 12.6. The molecule has 3 atom stereocenters. The monoisotopic (exact) mass is 548 g/mol. The van der Waals surface area contributed by atoms with E-state index >= 15 is 0 Å². The SMILES string of the molecule is CN(C(=O)O)c1ccc(C(N)[C@H](Cc2ccccc2)C(=O)N2CC[C@@]3(C2)OC(=O)Nc2ccc(Cl)cc23)cc1. The lowest BCUT2D eigenvalue weighted by Crippen LogP contribution is -2.45. The average Bonchev–Trinajstić information content (AvgIpc) is 3.35. The zero-order chi connectivity index (χ0) is 27.7. The smallest absolute Gasteiger partial charge is 0.412 e. The molecule has 1 saturated heterocycles. The van der Waals surface area contributed by atoms with Crippen LogP contribution < -0.4 is 16.0 Å². The van der Waals surface area contributed by atoms with E-state index in [4.69, 9.17) is 22.1 Å². The minimum absolute atomic E-state index is 0.145. The quantitative estimate of drug-likeness (QED) is 0.398. The van der Waals surface area contributed by atoms with Crippen LogP contribution in [-0.2, 0) is 21.6 Å². The van der Waals surface area contributed by atoms with E-state index in [-0.39, 0.29) is 12.5 Å². The number of ether oxygens (including phenoxy) is 1. The minimum Gasteiger partial charge on any atom is -0.465 e. The number of fused-ring (bicyclic) bond motifs is 2. The third kappa shape index (κ3) is 5.28. The Balaban J connectivity index is 1.43. The summed E-state index contributed by atoms with van der Waals surface area (Å²) < 4.78 is 5.81. The number of nitrogens with one attached hydrogen (secondary N) is 1. The summed E-state index contributed by atoms with van der Waals surface area (Å²) in [6.45, 7) is 0.575. The first kappa shape index (κ1) is 26.5. The fourth-order valence-electron chi connectivity index (χ4n) is 5.38. The molecule has 0 bridgehead atoms. The number of carbonyl (C=O) groups is 3. The van der Waals surface area contributed by atoms with Crippen molar-refractivity contribution >= 4 is 41.1 Å². The molecule has 3 aromatic carbocycles. The highest BCUT2D eigenvalue weighted by molar-refractivity contribution is 6.30. The lowest BCUT2D eigenvalue weighted by atomic mass is 9.86. The molecule has 10 heteroatoms. The lowest BCUT2D eigenvalue weighted by molar-refractivity contribution is -0.136. The summed E-state index contributed by atoms with van der Waals surface area (Å²) in [7, 11) is 1.46. The summed E-state index contributed by atoms with van der Waals surface area (Å²) in [6.07, 6.45) is -0.801. The van der Waals surface area contributed by atoms with E-state index in [1.807, 2.05) is 30.3 Å². The number of hydrogen-bond acceptors (Lipinski definition) is 5. The first-order valence-corrected chi connectivity index (χ1v) is 13.0. The first-order chi connectivity index (χ1) is 18.7. The number of likely N-dealkylation sites (tertiary alicyclic amines) is 1. The summed E-state index contributed by atoms with van der Waals surface area (Å²) in [5.74, 6) is -0.755. The van der Waals surface area contributed by atoms with Crippen LogP contribution in [0.4, 0.5) is 21.0 Å². The molecule has 4 N–H and O–H groups in total. The molecule has 1 spiro atoms. The van der Waals surface area contributed by atoms with Crippen LogP contribution >= 0.6 is 11.6 Å². The minimum atomic E-state index is -1.08. The number of amides is 3. The Bertz CT molecular complexity index is 1400. The molecular weight excluding hydrogens is 520 g/mol. The molecule has 0 aliphatic carbocycles. The van der Waals surface area contributed by atoms with E-state index in [0.29, 0.717) is 41.3 Å². The molecule has 0 radical (unpaired) electrons. The number of hydrogen-bond donors (Lipinski definition) is 3. The van der Waals surface area contributed by atoms with Gasteiger partial charge in [0.2, 0.25) is 5.91 Å². The van der Waals surface area contributed by atoms with Crippen LogP contribution in [0.2, 0.25) is 5.02 Å². The van der Waals surface area contributed by atoms with Gasteiger partial charge in [0.05, 0.1) is 18.2 Å². The molecule has 3 amide bonds. The van der Waals surface area contributed by atoms with Gasteiger partial charge in [-0.2, -0.15) is 0 Å². The zero-order valence-corrected chi connectivity index (χ0v) is 22.1. The van der Waals surface area contributed by atoms with Gasteiger partial charge in [0.15, 0.2) is 5.60 Å². The van der Waals surface area contributed by atoms with Gasteiger partial charge < -0.3 is 20.5 Å². The van der Waals surface area contributed by atoms with E-state index in [9.17, 15) is 19.5 Å². The molecule has 2 heterocycles. The molecule has 5 rings (SSSR count). The van der Waals surface area contributed by atoms with Crippen molar-refractivity contribution in [2.45, 2.75) is 24.5 Å². The highest BCUT2D eigenvalue weighted by atomic mass is 35.5. The average molecular weight is 549 g/mol. The number of rotatable bonds is 6. The predicted molar refractivity (Wildman–Crippen MR) is 148 cm³/mol. The summed E-state index contributed by atoms with van der Waals surface area (Å²) in [5.41, 5.74) is 9.28. The van der Waals surface area contributed by atoms with Crippen molar-refractivity contribution in [3.05, 3.63) is 94.5 Å². The van der Waals surface area contributed by atoms with Crippen molar-refractivity contribution < 1.29 is 24.2 Å². The molecule has 202 valence electrons. The van der Waals surface area contributed by atoms with Crippen molar-refractivity contribution in [1.29, 1.82) is 0 Å². The van der Waals surface area contributed by atoms with Crippen molar-refractivity contribution in [3.8, 4) is 0 Å². The summed E-state index contributed by atoms with van der Waals surface area (Å²) in [6, 6.07) is 21.1. The van der Waals surface area contributed by atoms with Crippen LogP contribution in [0.3, 0.4) is 0 Å². The van der Waals surface area contributed by atoms with Gasteiger partial charge in [-0.1, -0.05) is 54.1 Å². The topological polar surface area (TPSA) is 125 Å². The van der Waals surface area contributed by atoms with Gasteiger partial charge in [0.1, 0.15) is 0 Å². The van der Waals surface area contributed by atoms with E-state index in [2.05, 4.69) is 5.32 Å². The van der Waals surface area contributed by atoms with Crippen LogP contribution in [0.1, 0.15) is 29.2 Å². The highest BCUT2D eigenvalue weighted by Gasteiger charge is 2.49. The third-order valence-electron chi connectivity index (χ3n) is 7.54. The largest absolute Gasteiger partial charge is 0.465 e. The van der Waals surface area contributed by atoms with Gasteiger partial charge in [0.25, 0.3) is 0 Å². The highest BCUT2D eigenvalue weighted by Crippen LogP contribution is 2.44. The Morgan fingerprint density at radius 1 is 1.15 bits per heavy atom. The second kappa shape index (κ2) is 10.6. The number of carbonyl (C=O) groups excluding carboxylic acids is 2. The number of nitrogens with zero attached hydrogens (tertiary/aromatic N) is 2. The van der Waals surface area contributed by atoms with Crippen LogP contribution in [0.15, 0.2) is 72.8 Å². The number of carboxylic acid groups (broad SMARTS) is 1. The van der Waals surface area contributed by atoms with E-state index in [1.165, 1.54) is 7.05 Å². The maximum absolute atomic E-state index is 14.1. The Kier molecular flexibility index (Phi) is 7.20. The summed E-state index contributed by atoms with van der Waals surface area (Å²) in [5, 5.41) is 12.5. The number of anilines is 2.